The van der Waals surface area contributed by atoms with Gasteiger partial charge in [0.05, 0.1) is 16.8 Å². The molecule has 0 aliphatic heterocycles. The van der Waals surface area contributed by atoms with Crippen molar-refractivity contribution in [1.82, 2.24) is 4.98 Å². The van der Waals surface area contributed by atoms with Crippen LogP contribution in [0.1, 0.15) is 72.7 Å². The van der Waals surface area contributed by atoms with Crippen LogP contribution in [-0.4, -0.2) is 21.8 Å². The average molecular weight is 608 g/mol. The zero-order chi connectivity index (χ0) is 29.0. The summed E-state index contributed by atoms with van der Waals surface area (Å²) in [6, 6.07) is 26.4. The molecule has 0 bridgehead atoms. The van der Waals surface area contributed by atoms with E-state index in [2.05, 4.69) is 36.4 Å². The zero-order valence-electron chi connectivity index (χ0n) is 24.5. The van der Waals surface area contributed by atoms with E-state index in [1.807, 2.05) is 80.2 Å². The molecule has 1 aromatic heterocycles. The first kappa shape index (κ1) is 32.8. The number of thioether (sulfide) groups is 1. The monoisotopic (exact) mass is 607 g/mol. The Labute approximate surface area is 279 Å². The van der Waals surface area contributed by atoms with Crippen LogP contribution in [0.2, 0.25) is 5.02 Å². The predicted octanol–water partition coefficient (Wildman–Crippen LogP) is 4.62. The van der Waals surface area contributed by atoms with Crippen molar-refractivity contribution in [2.45, 2.75) is 56.8 Å². The second kappa shape index (κ2) is 14.1. The molecule has 1 atom stereocenters. The molecule has 0 amide bonds. The minimum atomic E-state index is -0.963. The number of hydrogen-bond acceptors (Lipinski definition) is 5. The van der Waals surface area contributed by atoms with Crippen LogP contribution in [0.5, 0.6) is 0 Å². The Morgan fingerprint density at radius 2 is 1.83 bits per heavy atom. The fourth-order valence-electron chi connectivity index (χ4n) is 5.34. The SMILES string of the molecule is CC(C)(O)c1ccccc1CC[C@H](SCC1(CC(=O)[O-])CC1)c1cccc(C=Cc2ccc3ccc(Cl)cc3n2)c1.[Na+]. The maximum absolute atomic E-state index is 11.4. The quantitative estimate of drug-likeness (QED) is 0.238. The number of fused-ring (bicyclic) bond motifs is 1. The first-order valence-electron chi connectivity index (χ1n) is 14.1. The van der Waals surface area contributed by atoms with Gasteiger partial charge in [0.2, 0.25) is 0 Å². The van der Waals surface area contributed by atoms with Crippen LogP contribution >= 0.6 is 23.4 Å². The number of aliphatic hydroxyl groups is 1. The number of pyridine rings is 1. The molecule has 7 heteroatoms. The minimum Gasteiger partial charge on any atom is -0.550 e. The first-order valence-corrected chi connectivity index (χ1v) is 15.5. The number of benzene rings is 3. The van der Waals surface area contributed by atoms with Gasteiger partial charge in [-0.3, -0.25) is 0 Å². The molecule has 1 fully saturated rings. The number of halogens is 1. The van der Waals surface area contributed by atoms with Gasteiger partial charge in [-0.1, -0.05) is 78.3 Å². The molecule has 0 spiro atoms. The maximum atomic E-state index is 11.4. The average Bonchev–Trinajstić information content (AvgIpc) is 3.70. The molecule has 0 saturated heterocycles. The van der Waals surface area contributed by atoms with Crippen molar-refractivity contribution in [3.05, 3.63) is 112 Å². The Balaban J connectivity index is 0.00000405. The summed E-state index contributed by atoms with van der Waals surface area (Å²) >= 11 is 8.01. The van der Waals surface area contributed by atoms with Crippen LogP contribution in [0.15, 0.2) is 78.9 Å². The van der Waals surface area contributed by atoms with E-state index in [1.54, 1.807) is 0 Å². The number of aromatic nitrogens is 1. The molecule has 4 nitrogen and oxygen atoms in total. The largest absolute Gasteiger partial charge is 1.00 e. The number of rotatable bonds is 12. The van der Waals surface area contributed by atoms with Gasteiger partial charge < -0.3 is 15.0 Å². The molecular weight excluding hydrogens is 573 g/mol. The van der Waals surface area contributed by atoms with Crippen molar-refractivity contribution in [1.29, 1.82) is 0 Å². The number of hydrogen-bond donors (Lipinski definition) is 1. The summed E-state index contributed by atoms with van der Waals surface area (Å²) in [5.41, 5.74) is 5.03. The Kier molecular flexibility index (Phi) is 11.0. The predicted molar refractivity (Wildman–Crippen MR) is 169 cm³/mol. The third-order valence-corrected chi connectivity index (χ3v) is 9.75. The van der Waals surface area contributed by atoms with Crippen LogP contribution in [0.3, 0.4) is 0 Å². The van der Waals surface area contributed by atoms with E-state index < -0.39 is 11.6 Å². The summed E-state index contributed by atoms with van der Waals surface area (Å²) in [7, 11) is 0. The van der Waals surface area contributed by atoms with Crippen LogP contribution in [0.25, 0.3) is 23.1 Å². The zero-order valence-corrected chi connectivity index (χ0v) is 28.0. The number of carboxylic acids is 1. The summed E-state index contributed by atoms with van der Waals surface area (Å²) in [6.45, 7) is 3.65. The summed E-state index contributed by atoms with van der Waals surface area (Å²) in [5.74, 6) is -0.168. The van der Waals surface area contributed by atoms with Crippen LogP contribution < -0.4 is 34.7 Å². The number of carboxylic acid groups (broad SMARTS) is 1. The summed E-state index contributed by atoms with van der Waals surface area (Å²) in [4.78, 5) is 16.1. The second-order valence-electron chi connectivity index (χ2n) is 11.7. The van der Waals surface area contributed by atoms with Gasteiger partial charge in [0.15, 0.2) is 0 Å². The van der Waals surface area contributed by atoms with Gasteiger partial charge in [-0.15, -0.1) is 0 Å². The summed E-state index contributed by atoms with van der Waals surface area (Å²) in [5, 5.41) is 24.0. The first-order chi connectivity index (χ1) is 19.6. The van der Waals surface area contributed by atoms with Gasteiger partial charge in [0, 0.05) is 21.6 Å². The number of carbonyl (C=O) groups excluding carboxylic acids is 1. The molecule has 1 aliphatic rings. The second-order valence-corrected chi connectivity index (χ2v) is 13.3. The maximum Gasteiger partial charge on any atom is 1.00 e. The topological polar surface area (TPSA) is 73.2 Å². The Morgan fingerprint density at radius 1 is 1.07 bits per heavy atom. The molecule has 212 valence electrons. The van der Waals surface area contributed by atoms with Crippen molar-refractivity contribution in [3.8, 4) is 0 Å². The van der Waals surface area contributed by atoms with Gasteiger partial charge in [-0.05, 0) is 104 Å². The van der Waals surface area contributed by atoms with E-state index in [0.29, 0.717) is 5.02 Å². The molecule has 4 aromatic rings. The Hall–Kier alpha value is -2.12. The molecule has 1 heterocycles. The smallest absolute Gasteiger partial charge is 0.550 e. The third-order valence-electron chi connectivity index (χ3n) is 7.82. The fraction of sp³-hybridized carbons (Fsp3) is 0.314. The van der Waals surface area contributed by atoms with E-state index in [4.69, 9.17) is 16.6 Å². The normalized spacial score (nSPS) is 15.0. The van der Waals surface area contributed by atoms with Gasteiger partial charge in [-0.25, -0.2) is 4.98 Å². The van der Waals surface area contributed by atoms with Crippen LogP contribution in [-0.2, 0) is 16.8 Å². The van der Waals surface area contributed by atoms with Crippen molar-refractivity contribution in [2.75, 3.05) is 5.75 Å². The van der Waals surface area contributed by atoms with Gasteiger partial charge in [0.1, 0.15) is 0 Å². The molecule has 1 saturated carbocycles. The Bertz CT molecular complexity index is 1580. The standard InChI is InChI=1S/C35H36ClNO3S.Na/c1-34(2,40)30-9-4-3-7-25(30)13-17-32(41-23-35(18-19-35)22-33(38)39)27-8-5-6-24(20-27)10-15-29-16-12-26-11-14-28(36)21-31(26)37-29;/h3-12,14-16,20-21,32,40H,13,17-19,22-23H2,1-2H3,(H,38,39);/q;+1/p-1/t32-;/m0./s1. The fourth-order valence-corrected chi connectivity index (χ4v) is 7.08. The molecule has 5 rings (SSSR count). The molecular formula is C35H35ClNNaO3S. The van der Waals surface area contributed by atoms with Crippen LogP contribution in [0.4, 0.5) is 0 Å². The molecule has 3 aromatic carbocycles. The van der Waals surface area contributed by atoms with E-state index in [0.717, 1.165) is 64.7 Å². The number of aliphatic carboxylic acids is 1. The van der Waals surface area contributed by atoms with Crippen molar-refractivity contribution in [2.24, 2.45) is 5.41 Å². The number of nitrogens with zero attached hydrogens (tertiary/aromatic N) is 1. The number of aryl methyl sites for hydroxylation is 1. The molecule has 1 N–H and O–H groups in total. The van der Waals surface area contributed by atoms with Gasteiger partial charge in [-0.2, -0.15) is 11.8 Å². The van der Waals surface area contributed by atoms with E-state index >= 15 is 0 Å². The molecule has 0 unspecified atom stereocenters. The van der Waals surface area contributed by atoms with E-state index in [1.165, 1.54) is 5.56 Å². The summed E-state index contributed by atoms with van der Waals surface area (Å²) < 4.78 is 0. The third kappa shape index (κ3) is 8.72. The van der Waals surface area contributed by atoms with E-state index in [9.17, 15) is 15.0 Å². The van der Waals surface area contributed by atoms with Crippen molar-refractivity contribution in [3.63, 3.8) is 0 Å². The Morgan fingerprint density at radius 3 is 2.57 bits per heavy atom. The van der Waals surface area contributed by atoms with E-state index in [-0.39, 0.29) is 46.6 Å². The molecule has 42 heavy (non-hydrogen) atoms. The van der Waals surface area contributed by atoms with Crippen molar-refractivity contribution >= 4 is 52.4 Å². The molecule has 0 radical (unpaired) electrons. The van der Waals surface area contributed by atoms with Gasteiger partial charge in [0.25, 0.3) is 0 Å². The van der Waals surface area contributed by atoms with Gasteiger partial charge >= 0.3 is 29.6 Å². The summed E-state index contributed by atoms with van der Waals surface area (Å²) in [6.07, 6.45) is 7.78. The van der Waals surface area contributed by atoms with Crippen LogP contribution in [0, 0.1) is 5.41 Å². The number of carbonyl (C=O) groups is 1. The molecule has 1 aliphatic carbocycles. The van der Waals surface area contributed by atoms with Crippen molar-refractivity contribution < 1.29 is 44.6 Å². The minimum absolute atomic E-state index is 0.